The van der Waals surface area contributed by atoms with Crippen molar-refractivity contribution in [2.75, 3.05) is 0 Å². The monoisotopic (exact) mass is 252 g/mol. The molecule has 3 rings (SSSR count). The summed E-state index contributed by atoms with van der Waals surface area (Å²) in [6.45, 7) is 2.43. The van der Waals surface area contributed by atoms with Gasteiger partial charge in [-0.1, -0.05) is 24.3 Å². The Labute approximate surface area is 111 Å². The Kier molecular flexibility index (Phi) is 3.02. The second kappa shape index (κ2) is 4.83. The summed E-state index contributed by atoms with van der Waals surface area (Å²) in [4.78, 5) is 2.25. The lowest BCUT2D eigenvalue weighted by Crippen LogP contribution is -2.15. The van der Waals surface area contributed by atoms with Gasteiger partial charge in [-0.3, -0.25) is 4.90 Å². The summed E-state index contributed by atoms with van der Waals surface area (Å²) in [5.74, 6) is -0.342. The summed E-state index contributed by atoms with van der Waals surface area (Å²) in [5.41, 5.74) is 3.90. The summed E-state index contributed by atoms with van der Waals surface area (Å²) >= 11 is 0. The number of hydrogen-bond donors (Lipinski definition) is 0. The van der Waals surface area contributed by atoms with Crippen molar-refractivity contribution in [3.8, 4) is 6.07 Å². The predicted octanol–water partition coefficient (Wildman–Crippen LogP) is 3.21. The van der Waals surface area contributed by atoms with E-state index < -0.39 is 0 Å². The zero-order valence-corrected chi connectivity index (χ0v) is 10.4. The van der Waals surface area contributed by atoms with E-state index in [4.69, 9.17) is 5.26 Å². The lowest BCUT2D eigenvalue weighted by atomic mass is 10.1. The second-order valence-electron chi connectivity index (χ2n) is 4.87. The number of nitrogens with zero attached hydrogens (tertiary/aromatic N) is 2. The summed E-state index contributed by atoms with van der Waals surface area (Å²) in [6.07, 6.45) is 0. The van der Waals surface area contributed by atoms with Gasteiger partial charge in [0.1, 0.15) is 5.82 Å². The molecule has 0 saturated carbocycles. The maximum absolute atomic E-state index is 13.4. The standard InChI is InChI=1S/C16H13FN2/c17-16-6-12(8-18)5-13(7-16)9-19-10-14-3-1-2-4-15(14)11-19/h1-7H,9-11H2. The number of halogens is 1. The average Bonchev–Trinajstić information content (AvgIpc) is 2.80. The molecule has 2 aromatic carbocycles. The third kappa shape index (κ3) is 2.49. The second-order valence-corrected chi connectivity index (χ2v) is 4.87. The lowest BCUT2D eigenvalue weighted by molar-refractivity contribution is 0.275. The molecule has 0 unspecified atom stereocenters. The van der Waals surface area contributed by atoms with Crippen molar-refractivity contribution in [1.29, 1.82) is 5.26 Å². The van der Waals surface area contributed by atoms with Gasteiger partial charge in [-0.15, -0.1) is 0 Å². The van der Waals surface area contributed by atoms with Crippen molar-refractivity contribution in [3.05, 3.63) is 70.5 Å². The SMILES string of the molecule is N#Cc1cc(F)cc(CN2Cc3ccccc3C2)c1. The normalized spacial score (nSPS) is 14.1. The highest BCUT2D eigenvalue weighted by Crippen LogP contribution is 2.24. The topological polar surface area (TPSA) is 27.0 Å². The van der Waals surface area contributed by atoms with E-state index in [0.29, 0.717) is 12.1 Å². The maximum atomic E-state index is 13.4. The summed E-state index contributed by atoms with van der Waals surface area (Å²) < 4.78 is 13.4. The first-order chi connectivity index (χ1) is 9.24. The molecule has 0 amide bonds. The molecule has 0 bridgehead atoms. The highest BCUT2D eigenvalue weighted by Gasteiger charge is 2.18. The number of benzene rings is 2. The van der Waals surface area contributed by atoms with E-state index in [1.54, 1.807) is 6.07 Å². The third-order valence-corrected chi connectivity index (χ3v) is 3.40. The van der Waals surface area contributed by atoms with Crippen LogP contribution in [0.3, 0.4) is 0 Å². The van der Waals surface area contributed by atoms with Gasteiger partial charge in [0.15, 0.2) is 0 Å². The van der Waals surface area contributed by atoms with Crippen molar-refractivity contribution in [1.82, 2.24) is 4.90 Å². The first kappa shape index (κ1) is 11.9. The Morgan fingerprint density at radius 2 is 1.79 bits per heavy atom. The Morgan fingerprint density at radius 3 is 2.42 bits per heavy atom. The number of fused-ring (bicyclic) bond motifs is 1. The summed E-state index contributed by atoms with van der Waals surface area (Å²) in [5, 5.41) is 8.86. The third-order valence-electron chi connectivity index (χ3n) is 3.40. The van der Waals surface area contributed by atoms with Crippen molar-refractivity contribution in [2.24, 2.45) is 0 Å². The van der Waals surface area contributed by atoms with Gasteiger partial charge in [0.05, 0.1) is 11.6 Å². The van der Waals surface area contributed by atoms with Crippen molar-refractivity contribution < 1.29 is 4.39 Å². The molecule has 3 heteroatoms. The molecule has 0 aromatic heterocycles. The summed E-state index contributed by atoms with van der Waals surface area (Å²) in [6, 6.07) is 14.9. The molecule has 1 heterocycles. The molecular formula is C16H13FN2. The first-order valence-electron chi connectivity index (χ1n) is 6.23. The molecule has 1 aliphatic rings. The van der Waals surface area contributed by atoms with Gasteiger partial charge < -0.3 is 0 Å². The van der Waals surface area contributed by atoms with Crippen LogP contribution in [0, 0.1) is 17.1 Å². The van der Waals surface area contributed by atoms with Crippen LogP contribution in [0.4, 0.5) is 4.39 Å². The Bertz CT molecular complexity index is 633. The molecule has 0 fully saturated rings. The van der Waals surface area contributed by atoms with Crippen LogP contribution < -0.4 is 0 Å². The van der Waals surface area contributed by atoms with Crippen LogP contribution in [0.25, 0.3) is 0 Å². The first-order valence-corrected chi connectivity index (χ1v) is 6.23. The quantitative estimate of drug-likeness (QED) is 0.820. The smallest absolute Gasteiger partial charge is 0.124 e. The molecule has 0 aliphatic carbocycles. The van der Waals surface area contributed by atoms with Crippen LogP contribution in [0.15, 0.2) is 42.5 Å². The molecule has 94 valence electrons. The molecule has 0 radical (unpaired) electrons. The minimum absolute atomic E-state index is 0.342. The van der Waals surface area contributed by atoms with Crippen molar-refractivity contribution >= 4 is 0 Å². The van der Waals surface area contributed by atoms with Crippen LogP contribution in [-0.2, 0) is 19.6 Å². The highest BCUT2D eigenvalue weighted by atomic mass is 19.1. The molecule has 0 atom stereocenters. The van der Waals surface area contributed by atoms with Gasteiger partial charge in [-0.25, -0.2) is 4.39 Å². The van der Waals surface area contributed by atoms with Crippen molar-refractivity contribution in [3.63, 3.8) is 0 Å². The van der Waals surface area contributed by atoms with E-state index in [9.17, 15) is 4.39 Å². The molecule has 19 heavy (non-hydrogen) atoms. The highest BCUT2D eigenvalue weighted by molar-refractivity contribution is 5.34. The van der Waals surface area contributed by atoms with E-state index in [1.807, 2.05) is 18.2 Å². The van der Waals surface area contributed by atoms with Gasteiger partial charge in [-0.2, -0.15) is 5.26 Å². The van der Waals surface area contributed by atoms with Gasteiger partial charge in [0, 0.05) is 19.6 Å². The van der Waals surface area contributed by atoms with Gasteiger partial charge in [-0.05, 0) is 34.9 Å². The molecule has 1 aliphatic heterocycles. The number of nitriles is 1. The van der Waals surface area contributed by atoms with Gasteiger partial charge >= 0.3 is 0 Å². The molecule has 2 aromatic rings. The van der Waals surface area contributed by atoms with E-state index in [-0.39, 0.29) is 5.82 Å². The fraction of sp³-hybridized carbons (Fsp3) is 0.188. The van der Waals surface area contributed by atoms with E-state index in [0.717, 1.165) is 18.7 Å². The fourth-order valence-corrected chi connectivity index (χ4v) is 2.58. The minimum Gasteiger partial charge on any atom is -0.291 e. The maximum Gasteiger partial charge on any atom is 0.124 e. The molecule has 0 saturated heterocycles. The van der Waals surface area contributed by atoms with Crippen molar-refractivity contribution in [2.45, 2.75) is 19.6 Å². The zero-order chi connectivity index (χ0) is 13.2. The molecular weight excluding hydrogens is 239 g/mol. The van der Waals surface area contributed by atoms with Crippen LogP contribution >= 0.6 is 0 Å². The zero-order valence-electron chi connectivity index (χ0n) is 10.4. The van der Waals surface area contributed by atoms with Crippen LogP contribution in [0.1, 0.15) is 22.3 Å². The van der Waals surface area contributed by atoms with Gasteiger partial charge in [0.25, 0.3) is 0 Å². The minimum atomic E-state index is -0.342. The van der Waals surface area contributed by atoms with Crippen LogP contribution in [0.2, 0.25) is 0 Å². The Morgan fingerprint density at radius 1 is 1.11 bits per heavy atom. The fourth-order valence-electron chi connectivity index (χ4n) is 2.58. The molecule has 2 nitrogen and oxygen atoms in total. The lowest BCUT2D eigenvalue weighted by Gasteiger charge is -2.15. The molecule has 0 spiro atoms. The van der Waals surface area contributed by atoms with Gasteiger partial charge in [0.2, 0.25) is 0 Å². The summed E-state index contributed by atoms with van der Waals surface area (Å²) in [7, 11) is 0. The largest absolute Gasteiger partial charge is 0.291 e. The van der Waals surface area contributed by atoms with E-state index in [1.165, 1.54) is 23.3 Å². The predicted molar refractivity (Wildman–Crippen MR) is 70.5 cm³/mol. The Hall–Kier alpha value is -2.18. The van der Waals surface area contributed by atoms with E-state index in [2.05, 4.69) is 17.0 Å². The average molecular weight is 252 g/mol. The van der Waals surface area contributed by atoms with Crippen LogP contribution in [-0.4, -0.2) is 4.90 Å². The van der Waals surface area contributed by atoms with Crippen LogP contribution in [0.5, 0.6) is 0 Å². The number of rotatable bonds is 2. The van der Waals surface area contributed by atoms with E-state index >= 15 is 0 Å². The Balaban J connectivity index is 1.78. The molecule has 0 N–H and O–H groups in total. The number of hydrogen-bond acceptors (Lipinski definition) is 2.